The molecule has 0 amide bonds. The van der Waals surface area contributed by atoms with E-state index < -0.39 is 0 Å². The monoisotopic (exact) mass is 259 g/mol. The maximum absolute atomic E-state index is 4.36. The second-order valence-corrected chi connectivity index (χ2v) is 4.89. The molecule has 0 saturated carbocycles. The Labute approximate surface area is 116 Å². The summed E-state index contributed by atoms with van der Waals surface area (Å²) in [5.74, 6) is 0. The third-order valence-electron chi connectivity index (χ3n) is 3.59. The van der Waals surface area contributed by atoms with Gasteiger partial charge in [0, 0.05) is 5.39 Å². The van der Waals surface area contributed by atoms with E-state index in [1.54, 1.807) is 0 Å². The lowest BCUT2D eigenvalue weighted by atomic mass is 10.1. The first-order valence-electron chi connectivity index (χ1n) is 6.67. The minimum Gasteiger partial charge on any atom is -0.240 e. The molecule has 0 saturated heterocycles. The van der Waals surface area contributed by atoms with Gasteiger partial charge in [0.1, 0.15) is 5.52 Å². The van der Waals surface area contributed by atoms with E-state index in [0.717, 1.165) is 23.0 Å². The van der Waals surface area contributed by atoms with Gasteiger partial charge >= 0.3 is 0 Å². The van der Waals surface area contributed by atoms with Crippen molar-refractivity contribution in [3.63, 3.8) is 0 Å². The molecule has 1 heterocycles. The van der Waals surface area contributed by atoms with Crippen molar-refractivity contribution < 1.29 is 0 Å². The molecule has 3 heteroatoms. The quantitative estimate of drug-likeness (QED) is 0.550. The Bertz CT molecular complexity index is 878. The summed E-state index contributed by atoms with van der Waals surface area (Å²) in [4.78, 5) is 0. The molecule has 3 aromatic carbocycles. The van der Waals surface area contributed by atoms with E-state index in [9.17, 15) is 0 Å². The molecule has 0 atom stereocenters. The molecule has 20 heavy (non-hydrogen) atoms. The first-order valence-corrected chi connectivity index (χ1v) is 6.67. The lowest BCUT2D eigenvalue weighted by Gasteiger charge is -2.03. The maximum atomic E-state index is 4.36. The van der Waals surface area contributed by atoms with Gasteiger partial charge in [-0.05, 0) is 17.0 Å². The highest BCUT2D eigenvalue weighted by atomic mass is 15.4. The lowest BCUT2D eigenvalue weighted by molar-refractivity contribution is 0.670. The van der Waals surface area contributed by atoms with E-state index in [4.69, 9.17) is 0 Å². The van der Waals surface area contributed by atoms with Crippen LogP contribution in [0.2, 0.25) is 0 Å². The fourth-order valence-electron chi connectivity index (χ4n) is 2.58. The van der Waals surface area contributed by atoms with Gasteiger partial charge in [-0.3, -0.25) is 0 Å². The van der Waals surface area contributed by atoms with Crippen molar-refractivity contribution in [2.45, 2.75) is 6.54 Å². The van der Waals surface area contributed by atoms with Gasteiger partial charge in [-0.15, -0.1) is 5.10 Å². The van der Waals surface area contributed by atoms with Crippen LogP contribution >= 0.6 is 0 Å². The molecule has 0 N–H and O–H groups in total. The first kappa shape index (κ1) is 11.2. The number of hydrogen-bond donors (Lipinski definition) is 0. The van der Waals surface area contributed by atoms with Crippen LogP contribution in [0.25, 0.3) is 21.8 Å². The zero-order valence-corrected chi connectivity index (χ0v) is 10.9. The summed E-state index contributed by atoms with van der Waals surface area (Å²) in [6.07, 6.45) is 0. The average molecular weight is 259 g/mol. The van der Waals surface area contributed by atoms with Crippen LogP contribution in [0, 0.1) is 0 Å². The molecule has 0 unspecified atom stereocenters. The van der Waals surface area contributed by atoms with Crippen molar-refractivity contribution in [3.8, 4) is 0 Å². The lowest BCUT2D eigenvalue weighted by Crippen LogP contribution is -2.01. The number of aromatic nitrogens is 3. The molecule has 0 bridgehead atoms. The second-order valence-electron chi connectivity index (χ2n) is 4.89. The highest BCUT2D eigenvalue weighted by Crippen LogP contribution is 2.23. The van der Waals surface area contributed by atoms with Crippen LogP contribution in [0.3, 0.4) is 0 Å². The van der Waals surface area contributed by atoms with Crippen molar-refractivity contribution in [2.75, 3.05) is 0 Å². The fourth-order valence-corrected chi connectivity index (χ4v) is 2.58. The summed E-state index contributed by atoms with van der Waals surface area (Å²) >= 11 is 0. The largest absolute Gasteiger partial charge is 0.240 e. The van der Waals surface area contributed by atoms with Gasteiger partial charge in [0.05, 0.1) is 12.1 Å². The molecule has 0 fully saturated rings. The predicted octanol–water partition coefficient (Wildman–Crippen LogP) is 3.63. The van der Waals surface area contributed by atoms with Crippen molar-refractivity contribution in [3.05, 3.63) is 72.3 Å². The van der Waals surface area contributed by atoms with Crippen LogP contribution in [0.15, 0.2) is 66.7 Å². The molecule has 0 aliphatic rings. The predicted molar refractivity (Wildman–Crippen MR) is 80.6 cm³/mol. The molecule has 96 valence electrons. The van der Waals surface area contributed by atoms with Gasteiger partial charge in [-0.2, -0.15) is 0 Å². The molecule has 0 aliphatic carbocycles. The Morgan fingerprint density at radius 2 is 1.60 bits per heavy atom. The smallest absolute Gasteiger partial charge is 0.121 e. The summed E-state index contributed by atoms with van der Waals surface area (Å²) in [5, 5.41) is 11.0. The molecule has 3 nitrogen and oxygen atoms in total. The van der Waals surface area contributed by atoms with Gasteiger partial charge in [0.2, 0.25) is 0 Å². The van der Waals surface area contributed by atoms with E-state index in [2.05, 4.69) is 46.7 Å². The third-order valence-corrected chi connectivity index (χ3v) is 3.59. The van der Waals surface area contributed by atoms with Crippen molar-refractivity contribution in [1.82, 2.24) is 15.0 Å². The van der Waals surface area contributed by atoms with Crippen LogP contribution in [0.1, 0.15) is 5.56 Å². The number of fused-ring (bicyclic) bond motifs is 3. The minimum absolute atomic E-state index is 0.746. The Balaban J connectivity index is 1.88. The van der Waals surface area contributed by atoms with Crippen molar-refractivity contribution in [1.29, 1.82) is 0 Å². The SMILES string of the molecule is c1ccc(Cn2nnc3c4ccccc4ccc32)cc1. The van der Waals surface area contributed by atoms with E-state index in [-0.39, 0.29) is 0 Å². The van der Waals surface area contributed by atoms with E-state index in [1.807, 2.05) is 35.0 Å². The molecule has 4 rings (SSSR count). The summed E-state index contributed by atoms with van der Waals surface area (Å²) in [5.41, 5.74) is 3.28. The van der Waals surface area contributed by atoms with Crippen LogP contribution in [-0.2, 0) is 6.54 Å². The number of nitrogens with zero attached hydrogens (tertiary/aromatic N) is 3. The van der Waals surface area contributed by atoms with Gasteiger partial charge < -0.3 is 0 Å². The maximum Gasteiger partial charge on any atom is 0.121 e. The third kappa shape index (κ3) is 1.75. The average Bonchev–Trinajstić information content (AvgIpc) is 2.92. The first-order chi connectivity index (χ1) is 9.92. The number of rotatable bonds is 2. The van der Waals surface area contributed by atoms with E-state index in [1.165, 1.54) is 10.9 Å². The topological polar surface area (TPSA) is 30.7 Å². The van der Waals surface area contributed by atoms with Gasteiger partial charge in [0.15, 0.2) is 0 Å². The van der Waals surface area contributed by atoms with Crippen molar-refractivity contribution >= 4 is 21.8 Å². The van der Waals surface area contributed by atoms with Gasteiger partial charge in [-0.1, -0.05) is 65.9 Å². The minimum atomic E-state index is 0.746. The molecule has 0 aliphatic heterocycles. The normalized spacial score (nSPS) is 11.2. The van der Waals surface area contributed by atoms with Crippen LogP contribution in [0.4, 0.5) is 0 Å². The number of benzene rings is 3. The molecular weight excluding hydrogens is 246 g/mol. The van der Waals surface area contributed by atoms with Gasteiger partial charge in [0.25, 0.3) is 0 Å². The van der Waals surface area contributed by atoms with Gasteiger partial charge in [-0.25, -0.2) is 4.68 Å². The molecular formula is C17H13N3. The second kappa shape index (κ2) is 4.46. The fraction of sp³-hybridized carbons (Fsp3) is 0.0588. The van der Waals surface area contributed by atoms with Crippen LogP contribution in [-0.4, -0.2) is 15.0 Å². The number of hydrogen-bond acceptors (Lipinski definition) is 2. The highest BCUT2D eigenvalue weighted by molar-refractivity contribution is 6.03. The summed E-state index contributed by atoms with van der Waals surface area (Å²) in [6.45, 7) is 0.746. The molecule has 4 aromatic rings. The summed E-state index contributed by atoms with van der Waals surface area (Å²) in [7, 11) is 0. The summed E-state index contributed by atoms with van der Waals surface area (Å²) < 4.78 is 1.96. The molecule has 0 radical (unpaired) electrons. The highest BCUT2D eigenvalue weighted by Gasteiger charge is 2.08. The Kier molecular flexibility index (Phi) is 2.49. The van der Waals surface area contributed by atoms with Crippen LogP contribution < -0.4 is 0 Å². The van der Waals surface area contributed by atoms with E-state index in [0.29, 0.717) is 0 Å². The standard InChI is InChI=1S/C17H13N3/c1-2-6-13(7-3-1)12-20-16-11-10-14-8-4-5-9-15(14)17(16)18-19-20/h1-11H,12H2. The Hall–Kier alpha value is -2.68. The molecule has 0 spiro atoms. The van der Waals surface area contributed by atoms with Crippen molar-refractivity contribution in [2.24, 2.45) is 0 Å². The zero-order chi connectivity index (χ0) is 13.4. The molecule has 1 aromatic heterocycles. The summed E-state index contributed by atoms with van der Waals surface area (Å²) in [6, 6.07) is 22.8. The van der Waals surface area contributed by atoms with Crippen LogP contribution in [0.5, 0.6) is 0 Å². The zero-order valence-electron chi connectivity index (χ0n) is 10.9. The Morgan fingerprint density at radius 3 is 2.50 bits per heavy atom. The Morgan fingerprint density at radius 1 is 0.800 bits per heavy atom. The van der Waals surface area contributed by atoms with E-state index >= 15 is 0 Å².